The Balaban J connectivity index is 1.56. The third-order valence-electron chi connectivity index (χ3n) is 3.49. The number of aromatic nitrogens is 2. The van der Waals surface area contributed by atoms with Crippen molar-refractivity contribution in [1.29, 1.82) is 0 Å². The molecule has 1 N–H and O–H groups in total. The number of benzene rings is 1. The van der Waals surface area contributed by atoms with E-state index in [1.807, 2.05) is 18.2 Å². The summed E-state index contributed by atoms with van der Waals surface area (Å²) in [5.74, 6) is -0.906. The second-order valence-corrected chi connectivity index (χ2v) is 7.34. The summed E-state index contributed by atoms with van der Waals surface area (Å²) in [6, 6.07) is 10.1. The minimum Gasteiger partial charge on any atom is -0.481 e. The van der Waals surface area contributed by atoms with Gasteiger partial charge in [0.15, 0.2) is 0 Å². The summed E-state index contributed by atoms with van der Waals surface area (Å²) in [5.41, 5.74) is 0. The molecule has 6 nitrogen and oxygen atoms in total. The van der Waals surface area contributed by atoms with Gasteiger partial charge in [0.1, 0.15) is 5.01 Å². The Labute approximate surface area is 141 Å². The second-order valence-electron chi connectivity index (χ2n) is 5.13. The summed E-state index contributed by atoms with van der Waals surface area (Å²) in [4.78, 5) is 25.5. The first-order chi connectivity index (χ1) is 11.1. The number of anilines is 1. The lowest BCUT2D eigenvalue weighted by atomic mass is 10.1. The Hall–Kier alpha value is -1.93. The molecule has 1 unspecified atom stereocenters. The predicted molar refractivity (Wildman–Crippen MR) is 88.9 cm³/mol. The van der Waals surface area contributed by atoms with E-state index in [2.05, 4.69) is 22.3 Å². The summed E-state index contributed by atoms with van der Waals surface area (Å²) in [7, 11) is 0. The first-order valence-corrected chi connectivity index (χ1v) is 8.97. The van der Waals surface area contributed by atoms with Gasteiger partial charge in [-0.2, -0.15) is 0 Å². The van der Waals surface area contributed by atoms with Crippen LogP contribution in [0.1, 0.15) is 11.4 Å². The molecule has 8 heteroatoms. The number of aliphatic carboxylic acids is 1. The number of carbonyl (C=O) groups excluding carboxylic acids is 1. The summed E-state index contributed by atoms with van der Waals surface area (Å²) >= 11 is 3.10. The van der Waals surface area contributed by atoms with Crippen molar-refractivity contribution in [3.63, 3.8) is 0 Å². The third kappa shape index (κ3) is 3.89. The Morgan fingerprint density at radius 2 is 2.13 bits per heavy atom. The first-order valence-electron chi connectivity index (χ1n) is 7.17. The lowest BCUT2D eigenvalue weighted by molar-refractivity contribution is -0.141. The molecule has 0 aliphatic carbocycles. The van der Waals surface area contributed by atoms with Crippen molar-refractivity contribution in [3.8, 4) is 0 Å². The van der Waals surface area contributed by atoms with E-state index in [4.69, 9.17) is 5.11 Å². The van der Waals surface area contributed by atoms with Gasteiger partial charge in [0.25, 0.3) is 0 Å². The van der Waals surface area contributed by atoms with Gasteiger partial charge in [-0.05, 0) is 12.1 Å². The molecule has 0 radical (unpaired) electrons. The molecule has 0 saturated carbocycles. The van der Waals surface area contributed by atoms with E-state index in [1.54, 1.807) is 11.8 Å². The minimum atomic E-state index is -0.940. The largest absolute Gasteiger partial charge is 0.481 e. The lowest BCUT2D eigenvalue weighted by Crippen LogP contribution is -2.25. The highest BCUT2D eigenvalue weighted by atomic mass is 32.2. The molecule has 1 aromatic heterocycles. The van der Waals surface area contributed by atoms with Crippen molar-refractivity contribution in [2.45, 2.75) is 17.7 Å². The SMILES string of the molecule is O=C(O)C1CC(=O)N(c2nnc(CCSc3ccccc3)s2)C1. The summed E-state index contributed by atoms with van der Waals surface area (Å²) in [6.07, 6.45) is 0.801. The average molecular weight is 349 g/mol. The topological polar surface area (TPSA) is 83.4 Å². The van der Waals surface area contributed by atoms with Crippen LogP contribution in [0.5, 0.6) is 0 Å². The van der Waals surface area contributed by atoms with Crippen LogP contribution in [0.2, 0.25) is 0 Å². The highest BCUT2D eigenvalue weighted by molar-refractivity contribution is 7.99. The van der Waals surface area contributed by atoms with Crippen LogP contribution in [-0.2, 0) is 16.0 Å². The summed E-state index contributed by atoms with van der Waals surface area (Å²) < 4.78 is 0. The fourth-order valence-corrected chi connectivity index (χ4v) is 4.16. The van der Waals surface area contributed by atoms with E-state index in [9.17, 15) is 9.59 Å². The number of hydrogen-bond acceptors (Lipinski definition) is 6. The van der Waals surface area contributed by atoms with Crippen molar-refractivity contribution >= 4 is 40.1 Å². The molecular weight excluding hydrogens is 334 g/mol. The second kappa shape index (κ2) is 7.10. The zero-order chi connectivity index (χ0) is 16.2. The minimum absolute atomic E-state index is 0.0358. The van der Waals surface area contributed by atoms with Crippen molar-refractivity contribution < 1.29 is 14.7 Å². The van der Waals surface area contributed by atoms with Crippen LogP contribution in [0.25, 0.3) is 0 Å². The maximum Gasteiger partial charge on any atom is 0.308 e. The zero-order valence-electron chi connectivity index (χ0n) is 12.2. The molecule has 0 spiro atoms. The van der Waals surface area contributed by atoms with E-state index in [-0.39, 0.29) is 18.9 Å². The molecule has 1 aromatic carbocycles. The van der Waals surface area contributed by atoms with Crippen molar-refractivity contribution in [3.05, 3.63) is 35.3 Å². The Kier molecular flexibility index (Phi) is 4.92. The number of nitrogens with zero attached hydrogens (tertiary/aromatic N) is 3. The molecule has 0 bridgehead atoms. The molecule has 1 aliphatic heterocycles. The zero-order valence-corrected chi connectivity index (χ0v) is 13.8. The van der Waals surface area contributed by atoms with Crippen LogP contribution >= 0.6 is 23.1 Å². The van der Waals surface area contributed by atoms with Gasteiger partial charge in [0.05, 0.1) is 5.92 Å². The molecule has 3 rings (SSSR count). The number of carbonyl (C=O) groups is 2. The highest BCUT2D eigenvalue weighted by Gasteiger charge is 2.36. The van der Waals surface area contributed by atoms with E-state index >= 15 is 0 Å². The molecule has 1 amide bonds. The van der Waals surface area contributed by atoms with Gasteiger partial charge in [0.2, 0.25) is 11.0 Å². The molecule has 1 atom stereocenters. The van der Waals surface area contributed by atoms with Crippen LogP contribution in [0.3, 0.4) is 0 Å². The normalized spacial score (nSPS) is 17.7. The molecular formula is C15H15N3O3S2. The number of thioether (sulfide) groups is 1. The number of aryl methyl sites for hydroxylation is 1. The summed E-state index contributed by atoms with van der Waals surface area (Å²) in [5, 5.41) is 18.5. The molecule has 2 aromatic rings. The highest BCUT2D eigenvalue weighted by Crippen LogP contribution is 2.29. The van der Waals surface area contributed by atoms with Gasteiger partial charge in [-0.15, -0.1) is 22.0 Å². The van der Waals surface area contributed by atoms with E-state index in [1.165, 1.54) is 21.1 Å². The van der Waals surface area contributed by atoms with Crippen LogP contribution in [0, 0.1) is 5.92 Å². The fourth-order valence-electron chi connectivity index (χ4n) is 2.29. The smallest absolute Gasteiger partial charge is 0.308 e. The van der Waals surface area contributed by atoms with Crippen molar-refractivity contribution in [2.75, 3.05) is 17.2 Å². The van der Waals surface area contributed by atoms with Crippen LogP contribution < -0.4 is 4.90 Å². The molecule has 1 aliphatic rings. The standard InChI is InChI=1S/C15H15N3O3S2/c19-13-8-10(14(20)21)9-18(13)15-17-16-12(23-15)6-7-22-11-4-2-1-3-5-11/h1-5,10H,6-9H2,(H,20,21). The van der Waals surface area contributed by atoms with Gasteiger partial charge in [-0.1, -0.05) is 29.5 Å². The lowest BCUT2D eigenvalue weighted by Gasteiger charge is -2.10. The molecule has 1 fully saturated rings. The number of rotatable bonds is 6. The van der Waals surface area contributed by atoms with Gasteiger partial charge < -0.3 is 5.11 Å². The van der Waals surface area contributed by atoms with E-state index < -0.39 is 11.9 Å². The number of hydrogen-bond donors (Lipinski definition) is 1. The van der Waals surface area contributed by atoms with Crippen LogP contribution in [-0.4, -0.2) is 39.5 Å². The molecule has 2 heterocycles. The average Bonchev–Trinajstić information content (AvgIpc) is 3.15. The van der Waals surface area contributed by atoms with E-state index in [0.29, 0.717) is 5.13 Å². The fraction of sp³-hybridized carbons (Fsp3) is 0.333. The number of carboxylic acid groups (broad SMARTS) is 1. The third-order valence-corrected chi connectivity index (χ3v) is 5.51. The van der Waals surface area contributed by atoms with Crippen molar-refractivity contribution in [1.82, 2.24) is 10.2 Å². The number of carboxylic acids is 1. The van der Waals surface area contributed by atoms with Gasteiger partial charge >= 0.3 is 5.97 Å². The Bertz CT molecular complexity index is 705. The Morgan fingerprint density at radius 1 is 1.35 bits per heavy atom. The van der Waals surface area contributed by atoms with E-state index in [0.717, 1.165) is 17.2 Å². The maximum absolute atomic E-state index is 11.9. The predicted octanol–water partition coefficient (Wildman–Crippen LogP) is 2.31. The van der Waals surface area contributed by atoms with Gasteiger partial charge in [0, 0.05) is 30.0 Å². The molecule has 1 saturated heterocycles. The maximum atomic E-state index is 11.9. The molecule has 23 heavy (non-hydrogen) atoms. The Morgan fingerprint density at radius 3 is 2.83 bits per heavy atom. The number of amides is 1. The first kappa shape index (κ1) is 15.9. The monoisotopic (exact) mass is 349 g/mol. The summed E-state index contributed by atoms with van der Waals surface area (Å²) in [6.45, 7) is 0.182. The van der Waals surface area contributed by atoms with Crippen molar-refractivity contribution in [2.24, 2.45) is 5.92 Å². The van der Waals surface area contributed by atoms with Gasteiger partial charge in [-0.25, -0.2) is 0 Å². The molecule has 120 valence electrons. The van der Waals surface area contributed by atoms with Crippen LogP contribution in [0.15, 0.2) is 35.2 Å². The van der Waals surface area contributed by atoms with Gasteiger partial charge in [-0.3, -0.25) is 14.5 Å². The van der Waals surface area contributed by atoms with Crippen LogP contribution in [0.4, 0.5) is 5.13 Å². The quantitative estimate of drug-likeness (QED) is 0.806.